The van der Waals surface area contributed by atoms with Crippen LogP contribution in [0.5, 0.6) is 0 Å². The Labute approximate surface area is 111 Å². The Bertz CT molecular complexity index is 542. The molecule has 102 valence electrons. The monoisotopic (exact) mass is 262 g/mol. The van der Waals surface area contributed by atoms with E-state index in [1.807, 2.05) is 18.2 Å². The lowest BCUT2D eigenvalue weighted by Crippen LogP contribution is -2.28. The molecule has 0 saturated heterocycles. The molecular formula is C14H18N2O3. The van der Waals surface area contributed by atoms with E-state index < -0.39 is 11.4 Å². The van der Waals surface area contributed by atoms with Gasteiger partial charge in [-0.3, -0.25) is 4.79 Å². The van der Waals surface area contributed by atoms with Crippen molar-refractivity contribution < 1.29 is 14.3 Å². The Kier molecular flexibility index (Phi) is 3.85. The first-order valence-electron chi connectivity index (χ1n) is 6.26. The molecule has 2 rings (SSSR count). The average molecular weight is 262 g/mol. The van der Waals surface area contributed by atoms with E-state index >= 15 is 0 Å². The molecule has 0 fully saturated rings. The van der Waals surface area contributed by atoms with Gasteiger partial charge in [0.2, 0.25) is 5.71 Å². The van der Waals surface area contributed by atoms with Gasteiger partial charge in [0.05, 0.1) is 12.0 Å². The molecule has 0 spiro atoms. The Hall–Kier alpha value is -1.88. The molecule has 2 N–H and O–H groups in total. The SMILES string of the molecule is CC(C)(CCNCc1cc2cccnc2o1)C(=O)O. The van der Waals surface area contributed by atoms with Gasteiger partial charge in [-0.25, -0.2) is 4.98 Å². The molecule has 0 unspecified atom stereocenters. The Morgan fingerprint density at radius 3 is 3.00 bits per heavy atom. The Balaban J connectivity index is 1.84. The predicted molar refractivity (Wildman–Crippen MR) is 71.7 cm³/mol. The molecule has 0 radical (unpaired) electrons. The highest BCUT2D eigenvalue weighted by molar-refractivity contribution is 5.74. The lowest BCUT2D eigenvalue weighted by Gasteiger charge is -2.18. The van der Waals surface area contributed by atoms with Crippen LogP contribution in [0.2, 0.25) is 0 Å². The fraction of sp³-hybridized carbons (Fsp3) is 0.429. The summed E-state index contributed by atoms with van der Waals surface area (Å²) in [7, 11) is 0. The second-order valence-electron chi connectivity index (χ2n) is 5.23. The zero-order chi connectivity index (χ0) is 13.9. The molecule has 0 atom stereocenters. The minimum absolute atomic E-state index is 0.570. The van der Waals surface area contributed by atoms with E-state index in [1.54, 1.807) is 20.0 Å². The Morgan fingerprint density at radius 2 is 2.32 bits per heavy atom. The summed E-state index contributed by atoms with van der Waals surface area (Å²) in [5, 5.41) is 13.2. The van der Waals surface area contributed by atoms with Crippen LogP contribution in [0, 0.1) is 5.41 Å². The van der Waals surface area contributed by atoms with Crippen LogP contribution in [0.3, 0.4) is 0 Å². The minimum atomic E-state index is -0.776. The Morgan fingerprint density at radius 1 is 1.53 bits per heavy atom. The fourth-order valence-corrected chi connectivity index (χ4v) is 1.73. The van der Waals surface area contributed by atoms with Gasteiger partial charge in [-0.1, -0.05) is 0 Å². The maximum atomic E-state index is 10.9. The van der Waals surface area contributed by atoms with Crippen LogP contribution in [-0.4, -0.2) is 22.6 Å². The molecule has 0 aliphatic heterocycles. The van der Waals surface area contributed by atoms with Gasteiger partial charge in [0.1, 0.15) is 5.76 Å². The van der Waals surface area contributed by atoms with Crippen molar-refractivity contribution in [3.05, 3.63) is 30.2 Å². The first-order valence-corrected chi connectivity index (χ1v) is 6.26. The van der Waals surface area contributed by atoms with Gasteiger partial charge in [0.25, 0.3) is 0 Å². The number of carboxylic acids is 1. The third-order valence-corrected chi connectivity index (χ3v) is 3.15. The number of fused-ring (bicyclic) bond motifs is 1. The van der Waals surface area contributed by atoms with Crippen molar-refractivity contribution in [2.75, 3.05) is 6.54 Å². The highest BCUT2D eigenvalue weighted by Crippen LogP contribution is 2.20. The van der Waals surface area contributed by atoms with Gasteiger partial charge in [0.15, 0.2) is 0 Å². The molecule has 2 aromatic rings. The van der Waals surface area contributed by atoms with Gasteiger partial charge < -0.3 is 14.8 Å². The molecule has 19 heavy (non-hydrogen) atoms. The number of carboxylic acid groups (broad SMARTS) is 1. The molecule has 2 aromatic heterocycles. The van der Waals surface area contributed by atoms with Crippen LogP contribution < -0.4 is 5.32 Å². The van der Waals surface area contributed by atoms with E-state index in [4.69, 9.17) is 9.52 Å². The summed E-state index contributed by atoms with van der Waals surface area (Å²) in [6.45, 7) is 4.65. The standard InChI is InChI=1S/C14H18N2O3/c1-14(2,13(17)18)5-7-15-9-11-8-10-4-3-6-16-12(10)19-11/h3-4,6,8,15H,5,7,9H2,1-2H3,(H,17,18). The maximum Gasteiger partial charge on any atom is 0.309 e. The van der Waals surface area contributed by atoms with Gasteiger partial charge >= 0.3 is 5.97 Å². The number of hydrogen-bond donors (Lipinski definition) is 2. The first-order chi connectivity index (χ1) is 8.99. The number of carbonyl (C=O) groups is 1. The van der Waals surface area contributed by atoms with E-state index in [0.29, 0.717) is 25.2 Å². The number of aliphatic carboxylic acids is 1. The van der Waals surface area contributed by atoms with Crippen LogP contribution in [0.15, 0.2) is 28.8 Å². The molecule has 0 aliphatic rings. The average Bonchev–Trinajstić information content (AvgIpc) is 2.77. The number of furan rings is 1. The van der Waals surface area contributed by atoms with Crippen molar-refractivity contribution in [1.82, 2.24) is 10.3 Å². The molecule has 0 aliphatic carbocycles. The van der Waals surface area contributed by atoms with E-state index in [2.05, 4.69) is 10.3 Å². The normalized spacial score (nSPS) is 11.9. The van der Waals surface area contributed by atoms with Gasteiger partial charge in [0, 0.05) is 11.6 Å². The van der Waals surface area contributed by atoms with Crippen molar-refractivity contribution in [3.8, 4) is 0 Å². The van der Waals surface area contributed by atoms with Gasteiger partial charge in [-0.2, -0.15) is 0 Å². The van der Waals surface area contributed by atoms with E-state index in [9.17, 15) is 4.79 Å². The van der Waals surface area contributed by atoms with Crippen LogP contribution in [0.25, 0.3) is 11.1 Å². The molecular weight excluding hydrogens is 244 g/mol. The molecule has 0 aromatic carbocycles. The summed E-state index contributed by atoms with van der Waals surface area (Å²) in [5.41, 5.74) is -0.0761. The van der Waals surface area contributed by atoms with E-state index in [1.165, 1.54) is 0 Å². The van der Waals surface area contributed by atoms with Crippen molar-refractivity contribution >= 4 is 17.1 Å². The lowest BCUT2D eigenvalue weighted by molar-refractivity contribution is -0.147. The second-order valence-corrected chi connectivity index (χ2v) is 5.23. The zero-order valence-electron chi connectivity index (χ0n) is 11.1. The van der Waals surface area contributed by atoms with E-state index in [0.717, 1.165) is 11.1 Å². The quantitative estimate of drug-likeness (QED) is 0.782. The first kappa shape index (κ1) is 13.5. The summed E-state index contributed by atoms with van der Waals surface area (Å²) in [5.74, 6) is 0.0315. The van der Waals surface area contributed by atoms with Crippen molar-refractivity contribution in [3.63, 3.8) is 0 Å². The summed E-state index contributed by atoms with van der Waals surface area (Å²) >= 11 is 0. The third kappa shape index (κ3) is 3.32. The van der Waals surface area contributed by atoms with Crippen LogP contribution >= 0.6 is 0 Å². The molecule has 5 heteroatoms. The molecule has 0 bridgehead atoms. The van der Waals surface area contributed by atoms with Crippen molar-refractivity contribution in [2.24, 2.45) is 5.41 Å². The van der Waals surface area contributed by atoms with Gasteiger partial charge in [-0.05, 0) is 45.0 Å². The lowest BCUT2D eigenvalue weighted by atomic mass is 9.90. The number of pyridine rings is 1. The molecule has 0 amide bonds. The zero-order valence-corrected chi connectivity index (χ0v) is 11.1. The molecule has 0 saturated carbocycles. The highest BCUT2D eigenvalue weighted by Gasteiger charge is 2.26. The summed E-state index contributed by atoms with van der Waals surface area (Å²) < 4.78 is 5.56. The second kappa shape index (κ2) is 5.40. The number of rotatable bonds is 6. The smallest absolute Gasteiger partial charge is 0.309 e. The number of nitrogens with one attached hydrogen (secondary N) is 1. The predicted octanol–water partition coefficient (Wildman–Crippen LogP) is 2.42. The van der Waals surface area contributed by atoms with Crippen LogP contribution in [0.4, 0.5) is 0 Å². The molecule has 2 heterocycles. The highest BCUT2D eigenvalue weighted by atomic mass is 16.4. The third-order valence-electron chi connectivity index (χ3n) is 3.15. The van der Waals surface area contributed by atoms with E-state index in [-0.39, 0.29) is 0 Å². The van der Waals surface area contributed by atoms with Crippen molar-refractivity contribution in [1.29, 1.82) is 0 Å². The molecule has 5 nitrogen and oxygen atoms in total. The fourth-order valence-electron chi connectivity index (χ4n) is 1.73. The van der Waals surface area contributed by atoms with Crippen LogP contribution in [-0.2, 0) is 11.3 Å². The number of hydrogen-bond acceptors (Lipinski definition) is 4. The maximum absolute atomic E-state index is 10.9. The summed E-state index contributed by atoms with van der Waals surface area (Å²) in [6.07, 6.45) is 2.26. The summed E-state index contributed by atoms with van der Waals surface area (Å²) in [4.78, 5) is 15.1. The topological polar surface area (TPSA) is 75.4 Å². The van der Waals surface area contributed by atoms with Crippen LogP contribution in [0.1, 0.15) is 26.0 Å². The number of nitrogens with zero attached hydrogens (tertiary/aromatic N) is 1. The number of aromatic nitrogens is 1. The van der Waals surface area contributed by atoms with Crippen molar-refractivity contribution in [2.45, 2.75) is 26.8 Å². The van der Waals surface area contributed by atoms with Gasteiger partial charge in [-0.15, -0.1) is 0 Å². The minimum Gasteiger partial charge on any atom is -0.481 e. The largest absolute Gasteiger partial charge is 0.481 e. The summed E-state index contributed by atoms with van der Waals surface area (Å²) in [6, 6.07) is 5.75.